The zero-order chi connectivity index (χ0) is 16.5. The Morgan fingerprint density at radius 1 is 1.09 bits per heavy atom. The molecule has 0 aliphatic rings. The number of nitrogens with zero attached hydrogens (tertiary/aromatic N) is 1. The summed E-state index contributed by atoms with van der Waals surface area (Å²) < 4.78 is 5.72. The Kier molecular flexibility index (Phi) is 6.24. The molecule has 0 amide bonds. The summed E-state index contributed by atoms with van der Waals surface area (Å²) in [6.07, 6.45) is 0. The highest BCUT2D eigenvalue weighted by Gasteiger charge is 1.97. The second-order valence-electron chi connectivity index (χ2n) is 5.43. The Morgan fingerprint density at radius 3 is 2.39 bits per heavy atom. The number of hydrogen-bond donors (Lipinski definition) is 2. The lowest BCUT2D eigenvalue weighted by Crippen LogP contribution is -2.32. The molecule has 120 valence electrons. The zero-order valence-corrected chi connectivity index (χ0v) is 13.5. The van der Waals surface area contributed by atoms with Crippen LogP contribution < -0.4 is 15.8 Å². The molecule has 0 heterocycles. The van der Waals surface area contributed by atoms with E-state index in [0.29, 0.717) is 25.7 Å². The van der Waals surface area contributed by atoms with Gasteiger partial charge in [-0.05, 0) is 30.2 Å². The standard InChI is InChI=1S/C19H23N3O/c1-15(2)12-21-19(20)22-13-16-8-10-17(11-9-16)14-23-18-6-4-3-5-7-18/h3-11H,1,12-14H2,2H3,(H3,20,21,22). The van der Waals surface area contributed by atoms with Crippen molar-refractivity contribution in [2.75, 3.05) is 6.54 Å². The first kappa shape index (κ1) is 16.6. The van der Waals surface area contributed by atoms with Crippen LogP contribution in [0.2, 0.25) is 0 Å². The molecule has 0 atom stereocenters. The second-order valence-corrected chi connectivity index (χ2v) is 5.43. The number of nitrogens with two attached hydrogens (primary N) is 1. The molecule has 4 nitrogen and oxygen atoms in total. The van der Waals surface area contributed by atoms with E-state index in [4.69, 9.17) is 10.5 Å². The van der Waals surface area contributed by atoms with Crippen LogP contribution in [-0.2, 0) is 13.2 Å². The number of para-hydroxylation sites is 1. The van der Waals surface area contributed by atoms with Crippen LogP contribution >= 0.6 is 0 Å². The van der Waals surface area contributed by atoms with Gasteiger partial charge in [0.1, 0.15) is 12.4 Å². The van der Waals surface area contributed by atoms with Crippen LogP contribution in [0, 0.1) is 0 Å². The third kappa shape index (κ3) is 6.26. The van der Waals surface area contributed by atoms with Gasteiger partial charge in [-0.3, -0.25) is 0 Å². The molecule has 0 fully saturated rings. The summed E-state index contributed by atoms with van der Waals surface area (Å²) >= 11 is 0. The molecule has 0 saturated heterocycles. The number of rotatable bonds is 7. The Bertz CT molecular complexity index is 648. The van der Waals surface area contributed by atoms with E-state index in [1.165, 1.54) is 0 Å². The van der Waals surface area contributed by atoms with E-state index in [-0.39, 0.29) is 0 Å². The van der Waals surface area contributed by atoms with Crippen molar-refractivity contribution in [2.45, 2.75) is 20.1 Å². The van der Waals surface area contributed by atoms with Gasteiger partial charge in [-0.1, -0.05) is 54.6 Å². The van der Waals surface area contributed by atoms with E-state index < -0.39 is 0 Å². The minimum atomic E-state index is 0.435. The van der Waals surface area contributed by atoms with Gasteiger partial charge in [0.05, 0.1) is 6.54 Å². The first-order valence-electron chi connectivity index (χ1n) is 7.57. The first-order chi connectivity index (χ1) is 11.1. The van der Waals surface area contributed by atoms with Crippen LogP contribution in [0.3, 0.4) is 0 Å². The molecular formula is C19H23N3O. The summed E-state index contributed by atoms with van der Waals surface area (Å²) in [7, 11) is 0. The van der Waals surface area contributed by atoms with Crippen molar-refractivity contribution < 1.29 is 4.74 Å². The summed E-state index contributed by atoms with van der Waals surface area (Å²) in [5.41, 5.74) is 9.03. The molecule has 0 aliphatic carbocycles. The number of benzene rings is 2. The highest BCUT2D eigenvalue weighted by atomic mass is 16.5. The fourth-order valence-electron chi connectivity index (χ4n) is 1.90. The van der Waals surface area contributed by atoms with Crippen molar-refractivity contribution in [3.05, 3.63) is 77.9 Å². The average Bonchev–Trinajstić information content (AvgIpc) is 2.58. The molecule has 0 saturated carbocycles. The number of nitrogens with one attached hydrogen (secondary N) is 1. The largest absolute Gasteiger partial charge is 0.489 e. The molecule has 0 aromatic heterocycles. The molecular weight excluding hydrogens is 286 g/mol. The van der Waals surface area contributed by atoms with Crippen LogP contribution in [0.5, 0.6) is 5.75 Å². The number of aliphatic imine (C=N–C) groups is 1. The summed E-state index contributed by atoms with van der Waals surface area (Å²) in [6.45, 7) is 7.50. The van der Waals surface area contributed by atoms with Gasteiger partial charge in [0, 0.05) is 6.54 Å². The van der Waals surface area contributed by atoms with E-state index in [2.05, 4.69) is 16.9 Å². The lowest BCUT2D eigenvalue weighted by Gasteiger charge is -2.07. The molecule has 0 unspecified atom stereocenters. The third-order valence-electron chi connectivity index (χ3n) is 3.17. The fourth-order valence-corrected chi connectivity index (χ4v) is 1.90. The van der Waals surface area contributed by atoms with E-state index in [1.54, 1.807) is 0 Å². The van der Waals surface area contributed by atoms with E-state index >= 15 is 0 Å². The van der Waals surface area contributed by atoms with E-state index in [0.717, 1.165) is 22.4 Å². The smallest absolute Gasteiger partial charge is 0.189 e. The van der Waals surface area contributed by atoms with Gasteiger partial charge in [-0.25, -0.2) is 4.99 Å². The van der Waals surface area contributed by atoms with Crippen LogP contribution in [0.4, 0.5) is 0 Å². The molecule has 0 bridgehead atoms. The molecule has 4 heteroatoms. The summed E-state index contributed by atoms with van der Waals surface area (Å²) in [6, 6.07) is 18.0. The molecule has 23 heavy (non-hydrogen) atoms. The van der Waals surface area contributed by atoms with Crippen molar-refractivity contribution in [2.24, 2.45) is 10.7 Å². The molecule has 0 spiro atoms. The summed E-state index contributed by atoms with van der Waals surface area (Å²) in [5, 5.41) is 3.01. The average molecular weight is 309 g/mol. The van der Waals surface area contributed by atoms with Crippen molar-refractivity contribution in [3.8, 4) is 5.75 Å². The summed E-state index contributed by atoms with van der Waals surface area (Å²) in [5.74, 6) is 1.31. The SMILES string of the molecule is C=C(C)CNC(N)=NCc1ccc(COc2ccccc2)cc1. The highest BCUT2D eigenvalue weighted by molar-refractivity contribution is 5.78. The van der Waals surface area contributed by atoms with Crippen molar-refractivity contribution in [1.82, 2.24) is 5.32 Å². The van der Waals surface area contributed by atoms with E-state index in [1.807, 2.05) is 61.5 Å². The maximum atomic E-state index is 5.79. The Labute approximate surface area is 137 Å². The van der Waals surface area contributed by atoms with Crippen LogP contribution in [0.25, 0.3) is 0 Å². The van der Waals surface area contributed by atoms with Crippen LogP contribution in [0.1, 0.15) is 18.1 Å². The maximum absolute atomic E-state index is 5.79. The molecule has 3 N–H and O–H groups in total. The number of ether oxygens (including phenoxy) is 1. The number of hydrogen-bond acceptors (Lipinski definition) is 2. The fraction of sp³-hybridized carbons (Fsp3) is 0.211. The predicted octanol–water partition coefficient (Wildman–Crippen LogP) is 3.25. The van der Waals surface area contributed by atoms with Gasteiger partial charge < -0.3 is 15.8 Å². The third-order valence-corrected chi connectivity index (χ3v) is 3.17. The Hall–Kier alpha value is -2.75. The molecule has 2 rings (SSSR count). The first-order valence-corrected chi connectivity index (χ1v) is 7.57. The summed E-state index contributed by atoms with van der Waals surface area (Å²) in [4.78, 5) is 4.30. The molecule has 0 aliphatic heterocycles. The van der Waals surface area contributed by atoms with Crippen LogP contribution in [-0.4, -0.2) is 12.5 Å². The highest BCUT2D eigenvalue weighted by Crippen LogP contribution is 2.12. The Morgan fingerprint density at radius 2 is 1.74 bits per heavy atom. The molecule has 0 radical (unpaired) electrons. The quantitative estimate of drug-likeness (QED) is 0.469. The lowest BCUT2D eigenvalue weighted by atomic mass is 10.1. The normalized spacial score (nSPS) is 11.1. The van der Waals surface area contributed by atoms with Crippen molar-refractivity contribution >= 4 is 5.96 Å². The lowest BCUT2D eigenvalue weighted by molar-refractivity contribution is 0.306. The van der Waals surface area contributed by atoms with Gasteiger partial charge in [-0.15, -0.1) is 0 Å². The van der Waals surface area contributed by atoms with Gasteiger partial charge in [0.15, 0.2) is 5.96 Å². The van der Waals surface area contributed by atoms with Gasteiger partial charge in [0.2, 0.25) is 0 Å². The van der Waals surface area contributed by atoms with Gasteiger partial charge in [0.25, 0.3) is 0 Å². The van der Waals surface area contributed by atoms with E-state index in [9.17, 15) is 0 Å². The minimum Gasteiger partial charge on any atom is -0.489 e. The second kappa shape index (κ2) is 8.63. The maximum Gasteiger partial charge on any atom is 0.189 e. The predicted molar refractivity (Wildman–Crippen MR) is 95.4 cm³/mol. The van der Waals surface area contributed by atoms with Crippen molar-refractivity contribution in [1.29, 1.82) is 0 Å². The minimum absolute atomic E-state index is 0.435. The van der Waals surface area contributed by atoms with Crippen LogP contribution in [0.15, 0.2) is 71.7 Å². The van der Waals surface area contributed by atoms with Gasteiger partial charge >= 0.3 is 0 Å². The monoisotopic (exact) mass is 309 g/mol. The zero-order valence-electron chi connectivity index (χ0n) is 13.5. The topological polar surface area (TPSA) is 59.6 Å². The molecule has 2 aromatic carbocycles. The Balaban J connectivity index is 1.82. The van der Waals surface area contributed by atoms with Gasteiger partial charge in [-0.2, -0.15) is 0 Å². The molecule has 2 aromatic rings. The van der Waals surface area contributed by atoms with Crippen molar-refractivity contribution in [3.63, 3.8) is 0 Å². The number of guanidine groups is 1.